The molecule has 0 spiro atoms. The first-order valence-electron chi connectivity index (χ1n) is 6.59. The Morgan fingerprint density at radius 3 is 2.81 bits per heavy atom. The number of aryl methyl sites for hydroxylation is 1. The SMILES string of the molecule is CCOC(=O)C(=O)NCc1cc2cccc(C)c2[nH]c1=O. The fraction of sp³-hybridized carbons (Fsp3) is 0.267. The van der Waals surface area contributed by atoms with E-state index >= 15 is 0 Å². The van der Waals surface area contributed by atoms with Crippen molar-refractivity contribution in [2.75, 3.05) is 6.61 Å². The van der Waals surface area contributed by atoms with Crippen molar-refractivity contribution in [1.29, 1.82) is 0 Å². The van der Waals surface area contributed by atoms with E-state index < -0.39 is 11.9 Å². The van der Waals surface area contributed by atoms with Crippen LogP contribution in [0.2, 0.25) is 0 Å². The molecular formula is C15H16N2O4. The Labute approximate surface area is 121 Å². The van der Waals surface area contributed by atoms with Crippen molar-refractivity contribution in [3.8, 4) is 0 Å². The van der Waals surface area contributed by atoms with Crippen LogP contribution >= 0.6 is 0 Å². The van der Waals surface area contributed by atoms with Gasteiger partial charge in [0, 0.05) is 12.1 Å². The normalized spacial score (nSPS) is 10.4. The third-order valence-electron chi connectivity index (χ3n) is 3.07. The van der Waals surface area contributed by atoms with Gasteiger partial charge in [0.25, 0.3) is 5.56 Å². The van der Waals surface area contributed by atoms with Crippen molar-refractivity contribution in [2.45, 2.75) is 20.4 Å². The van der Waals surface area contributed by atoms with Gasteiger partial charge in [0.15, 0.2) is 0 Å². The van der Waals surface area contributed by atoms with Gasteiger partial charge in [-0.15, -0.1) is 0 Å². The molecule has 0 saturated heterocycles. The van der Waals surface area contributed by atoms with Crippen LogP contribution in [-0.2, 0) is 20.9 Å². The highest BCUT2D eigenvalue weighted by molar-refractivity contribution is 6.32. The van der Waals surface area contributed by atoms with Gasteiger partial charge < -0.3 is 15.0 Å². The number of fused-ring (bicyclic) bond motifs is 1. The first kappa shape index (κ1) is 14.8. The molecule has 110 valence electrons. The number of carbonyl (C=O) groups is 2. The number of aromatic nitrogens is 1. The van der Waals surface area contributed by atoms with E-state index in [1.54, 1.807) is 13.0 Å². The van der Waals surface area contributed by atoms with Crippen molar-refractivity contribution in [3.05, 3.63) is 45.7 Å². The first-order chi connectivity index (χ1) is 10.0. The first-order valence-corrected chi connectivity index (χ1v) is 6.59. The fourth-order valence-corrected chi connectivity index (χ4v) is 2.00. The molecule has 0 aliphatic carbocycles. The summed E-state index contributed by atoms with van der Waals surface area (Å²) in [7, 11) is 0. The number of benzene rings is 1. The number of pyridine rings is 1. The number of esters is 1. The molecule has 0 saturated carbocycles. The summed E-state index contributed by atoms with van der Waals surface area (Å²) in [5, 5.41) is 3.24. The van der Waals surface area contributed by atoms with E-state index in [9.17, 15) is 14.4 Å². The minimum atomic E-state index is -0.953. The molecule has 0 atom stereocenters. The van der Waals surface area contributed by atoms with E-state index in [-0.39, 0.29) is 18.7 Å². The fourth-order valence-electron chi connectivity index (χ4n) is 2.00. The zero-order chi connectivity index (χ0) is 15.4. The highest BCUT2D eigenvalue weighted by Gasteiger charge is 2.14. The standard InChI is InChI=1S/C15H16N2O4/c1-3-21-15(20)14(19)16-8-11-7-10-6-4-5-9(2)12(10)17-13(11)18/h4-7H,3,8H2,1-2H3,(H,16,19)(H,17,18). The van der Waals surface area contributed by atoms with Gasteiger partial charge in [-0.1, -0.05) is 18.2 Å². The molecule has 0 radical (unpaired) electrons. The largest absolute Gasteiger partial charge is 0.459 e. The number of aromatic amines is 1. The van der Waals surface area contributed by atoms with Gasteiger partial charge in [-0.3, -0.25) is 9.59 Å². The van der Waals surface area contributed by atoms with Crippen LogP contribution in [0.3, 0.4) is 0 Å². The van der Waals surface area contributed by atoms with E-state index in [0.717, 1.165) is 16.5 Å². The molecule has 0 bridgehead atoms. The molecule has 0 aliphatic heterocycles. The molecule has 2 aromatic rings. The summed E-state index contributed by atoms with van der Waals surface area (Å²) in [6, 6.07) is 7.36. The summed E-state index contributed by atoms with van der Waals surface area (Å²) in [5.41, 5.74) is 1.82. The molecular weight excluding hydrogens is 272 g/mol. The third kappa shape index (κ3) is 3.28. The van der Waals surface area contributed by atoms with E-state index in [1.807, 2.05) is 25.1 Å². The van der Waals surface area contributed by atoms with Crippen molar-refractivity contribution >= 4 is 22.8 Å². The predicted octanol–water partition coefficient (Wildman–Crippen LogP) is 1.02. The molecule has 1 heterocycles. The monoisotopic (exact) mass is 288 g/mol. The Balaban J connectivity index is 2.20. The van der Waals surface area contributed by atoms with Crippen LogP contribution in [0.25, 0.3) is 10.9 Å². The summed E-state index contributed by atoms with van der Waals surface area (Å²) in [5.74, 6) is -1.81. The summed E-state index contributed by atoms with van der Waals surface area (Å²) < 4.78 is 4.57. The van der Waals surface area contributed by atoms with Gasteiger partial charge in [-0.25, -0.2) is 4.79 Å². The number of hydrogen-bond donors (Lipinski definition) is 2. The lowest BCUT2D eigenvalue weighted by molar-refractivity contribution is -0.154. The van der Waals surface area contributed by atoms with Crippen molar-refractivity contribution < 1.29 is 14.3 Å². The molecule has 2 N–H and O–H groups in total. The van der Waals surface area contributed by atoms with Crippen LogP contribution in [0, 0.1) is 6.92 Å². The van der Waals surface area contributed by atoms with E-state index in [0.29, 0.717) is 5.56 Å². The van der Waals surface area contributed by atoms with Crippen LogP contribution < -0.4 is 10.9 Å². The number of rotatable bonds is 3. The Hall–Kier alpha value is -2.63. The Morgan fingerprint density at radius 1 is 1.33 bits per heavy atom. The van der Waals surface area contributed by atoms with Gasteiger partial charge in [0.1, 0.15) is 0 Å². The molecule has 2 rings (SSSR count). The minimum absolute atomic E-state index is 0.0309. The van der Waals surface area contributed by atoms with E-state index in [2.05, 4.69) is 15.0 Å². The van der Waals surface area contributed by atoms with Crippen molar-refractivity contribution in [2.24, 2.45) is 0 Å². The van der Waals surface area contributed by atoms with Crippen molar-refractivity contribution in [1.82, 2.24) is 10.3 Å². The number of hydrogen-bond acceptors (Lipinski definition) is 4. The average molecular weight is 288 g/mol. The number of amides is 1. The number of H-pyrrole nitrogens is 1. The number of ether oxygens (including phenoxy) is 1. The molecule has 1 amide bonds. The zero-order valence-corrected chi connectivity index (χ0v) is 11.9. The number of nitrogens with one attached hydrogen (secondary N) is 2. The second-order valence-electron chi connectivity index (χ2n) is 4.57. The predicted molar refractivity (Wildman–Crippen MR) is 77.8 cm³/mol. The van der Waals surface area contributed by atoms with Crippen LogP contribution in [-0.4, -0.2) is 23.5 Å². The van der Waals surface area contributed by atoms with E-state index in [1.165, 1.54) is 0 Å². The molecule has 1 aromatic heterocycles. The Morgan fingerprint density at radius 2 is 2.10 bits per heavy atom. The second-order valence-corrected chi connectivity index (χ2v) is 4.57. The molecule has 6 heteroatoms. The zero-order valence-electron chi connectivity index (χ0n) is 11.9. The second kappa shape index (κ2) is 6.21. The molecule has 21 heavy (non-hydrogen) atoms. The quantitative estimate of drug-likeness (QED) is 0.652. The minimum Gasteiger partial charge on any atom is -0.459 e. The van der Waals surface area contributed by atoms with Gasteiger partial charge in [0.05, 0.1) is 12.1 Å². The third-order valence-corrected chi connectivity index (χ3v) is 3.07. The molecule has 0 unspecified atom stereocenters. The van der Waals surface area contributed by atoms with Crippen molar-refractivity contribution in [3.63, 3.8) is 0 Å². The molecule has 1 aromatic carbocycles. The smallest absolute Gasteiger partial charge is 0.396 e. The maximum absolute atomic E-state index is 12.0. The number of carbonyl (C=O) groups excluding carboxylic acids is 2. The summed E-state index contributed by atoms with van der Waals surface area (Å²) in [6.45, 7) is 3.61. The summed E-state index contributed by atoms with van der Waals surface area (Å²) in [6.07, 6.45) is 0. The van der Waals surface area contributed by atoms with Gasteiger partial charge >= 0.3 is 11.9 Å². The number of para-hydroxylation sites is 1. The van der Waals surface area contributed by atoms with Gasteiger partial charge in [0.2, 0.25) is 0 Å². The van der Waals surface area contributed by atoms with Crippen LogP contribution in [0.15, 0.2) is 29.1 Å². The lowest BCUT2D eigenvalue weighted by atomic mass is 10.1. The molecule has 0 fully saturated rings. The summed E-state index contributed by atoms with van der Waals surface area (Å²) in [4.78, 5) is 37.4. The lowest BCUT2D eigenvalue weighted by Crippen LogP contribution is -2.33. The highest BCUT2D eigenvalue weighted by atomic mass is 16.5. The topological polar surface area (TPSA) is 88.3 Å². The maximum atomic E-state index is 12.0. The summed E-state index contributed by atoms with van der Waals surface area (Å²) >= 11 is 0. The Kier molecular flexibility index (Phi) is 4.37. The lowest BCUT2D eigenvalue weighted by Gasteiger charge is -2.07. The van der Waals surface area contributed by atoms with Crippen LogP contribution in [0.4, 0.5) is 0 Å². The Bertz CT molecular complexity index is 749. The van der Waals surface area contributed by atoms with Crippen LogP contribution in [0.5, 0.6) is 0 Å². The van der Waals surface area contributed by atoms with Gasteiger partial charge in [-0.05, 0) is 30.9 Å². The van der Waals surface area contributed by atoms with Gasteiger partial charge in [-0.2, -0.15) is 0 Å². The van der Waals surface area contributed by atoms with Crippen LogP contribution in [0.1, 0.15) is 18.1 Å². The maximum Gasteiger partial charge on any atom is 0.396 e. The highest BCUT2D eigenvalue weighted by Crippen LogP contribution is 2.14. The molecule has 6 nitrogen and oxygen atoms in total. The van der Waals surface area contributed by atoms with E-state index in [4.69, 9.17) is 0 Å². The average Bonchev–Trinajstić information content (AvgIpc) is 2.46. The molecule has 0 aliphatic rings.